The summed E-state index contributed by atoms with van der Waals surface area (Å²) in [6.45, 7) is 2.06. The first-order chi connectivity index (χ1) is 10.2. The van der Waals surface area contributed by atoms with E-state index in [0.717, 1.165) is 11.3 Å². The lowest BCUT2D eigenvalue weighted by Crippen LogP contribution is -2.43. The molecule has 21 heavy (non-hydrogen) atoms. The number of rotatable bonds is 5. The second-order valence-corrected chi connectivity index (χ2v) is 5.60. The van der Waals surface area contributed by atoms with Crippen LogP contribution in [0.2, 0.25) is 0 Å². The Balaban J connectivity index is 1.72. The topological polar surface area (TPSA) is 54.3 Å². The average Bonchev–Trinajstić information content (AvgIpc) is 3.22. The van der Waals surface area contributed by atoms with E-state index in [-0.39, 0.29) is 18.1 Å². The predicted molar refractivity (Wildman–Crippen MR) is 80.8 cm³/mol. The smallest absolute Gasteiger partial charge is 0.315 e. The van der Waals surface area contributed by atoms with Gasteiger partial charge in [-0.15, -0.1) is 0 Å². The van der Waals surface area contributed by atoms with Crippen LogP contribution in [0.4, 0.5) is 4.79 Å². The lowest BCUT2D eigenvalue weighted by molar-refractivity contribution is 0.232. The molecule has 2 aromatic rings. The number of amides is 2. The van der Waals surface area contributed by atoms with Gasteiger partial charge in [-0.05, 0) is 43.4 Å². The van der Waals surface area contributed by atoms with E-state index >= 15 is 0 Å². The van der Waals surface area contributed by atoms with Gasteiger partial charge in [-0.1, -0.05) is 30.3 Å². The van der Waals surface area contributed by atoms with Gasteiger partial charge >= 0.3 is 6.03 Å². The van der Waals surface area contributed by atoms with Crippen LogP contribution in [0, 0.1) is 5.92 Å². The second-order valence-electron chi connectivity index (χ2n) is 5.60. The molecule has 1 aliphatic carbocycles. The van der Waals surface area contributed by atoms with Crippen LogP contribution in [-0.4, -0.2) is 12.1 Å². The summed E-state index contributed by atoms with van der Waals surface area (Å²) < 4.78 is 5.47. The zero-order valence-electron chi connectivity index (χ0n) is 12.1. The molecule has 0 spiro atoms. The van der Waals surface area contributed by atoms with Crippen molar-refractivity contribution in [2.45, 2.75) is 31.8 Å². The molecule has 0 bridgehead atoms. The highest BCUT2D eigenvalue weighted by atomic mass is 16.3. The van der Waals surface area contributed by atoms with Crippen LogP contribution in [0.15, 0.2) is 53.1 Å². The van der Waals surface area contributed by atoms with Crippen LogP contribution in [0.3, 0.4) is 0 Å². The van der Waals surface area contributed by atoms with E-state index in [9.17, 15) is 4.79 Å². The Bertz CT molecular complexity index is 576. The fraction of sp³-hybridized carbons (Fsp3) is 0.353. The van der Waals surface area contributed by atoms with E-state index in [0.29, 0.717) is 5.92 Å². The van der Waals surface area contributed by atoms with E-state index in [2.05, 4.69) is 17.6 Å². The third-order valence-electron chi connectivity index (χ3n) is 3.92. The summed E-state index contributed by atoms with van der Waals surface area (Å²) in [5.41, 5.74) is 1.00. The number of hydrogen-bond acceptors (Lipinski definition) is 2. The molecule has 0 aliphatic heterocycles. The maximum atomic E-state index is 12.2. The summed E-state index contributed by atoms with van der Waals surface area (Å²) in [6.07, 6.45) is 4.04. The highest BCUT2D eigenvalue weighted by Gasteiger charge is 2.29. The summed E-state index contributed by atoms with van der Waals surface area (Å²) in [4.78, 5) is 12.2. The van der Waals surface area contributed by atoms with Crippen molar-refractivity contribution < 1.29 is 9.21 Å². The lowest BCUT2D eigenvalue weighted by atomic mass is 10.0. The summed E-state index contributed by atoms with van der Waals surface area (Å²) >= 11 is 0. The number of urea groups is 1. The first kappa shape index (κ1) is 13.7. The molecular weight excluding hydrogens is 264 g/mol. The molecule has 0 saturated heterocycles. The van der Waals surface area contributed by atoms with E-state index in [1.807, 2.05) is 42.5 Å². The summed E-state index contributed by atoms with van der Waals surface area (Å²) in [7, 11) is 0. The SMILES string of the molecule is CC(NC(=O)NC(c1ccccc1)c1ccco1)C1CC1. The fourth-order valence-corrected chi connectivity index (χ4v) is 2.51. The Morgan fingerprint density at radius 3 is 2.52 bits per heavy atom. The lowest BCUT2D eigenvalue weighted by Gasteiger charge is -2.20. The molecule has 1 aromatic carbocycles. The van der Waals surface area contributed by atoms with Crippen molar-refractivity contribution in [3.05, 3.63) is 60.1 Å². The van der Waals surface area contributed by atoms with Crippen LogP contribution in [0.5, 0.6) is 0 Å². The van der Waals surface area contributed by atoms with Crippen molar-refractivity contribution in [1.29, 1.82) is 0 Å². The first-order valence-electron chi connectivity index (χ1n) is 7.39. The normalized spacial score (nSPS) is 17.0. The zero-order chi connectivity index (χ0) is 14.7. The van der Waals surface area contributed by atoms with Crippen molar-refractivity contribution in [2.24, 2.45) is 5.92 Å². The molecule has 4 heteroatoms. The molecule has 2 unspecified atom stereocenters. The highest BCUT2D eigenvalue weighted by molar-refractivity contribution is 5.75. The van der Waals surface area contributed by atoms with Crippen LogP contribution in [0.1, 0.15) is 37.1 Å². The number of carbonyl (C=O) groups excluding carboxylic acids is 1. The number of hydrogen-bond donors (Lipinski definition) is 2. The molecule has 2 amide bonds. The van der Waals surface area contributed by atoms with Crippen molar-refractivity contribution in [3.63, 3.8) is 0 Å². The Morgan fingerprint density at radius 2 is 1.90 bits per heavy atom. The van der Waals surface area contributed by atoms with Gasteiger partial charge in [-0.25, -0.2) is 4.79 Å². The molecule has 3 rings (SSSR count). The molecule has 4 nitrogen and oxygen atoms in total. The Kier molecular flexibility index (Phi) is 3.95. The zero-order valence-corrected chi connectivity index (χ0v) is 12.1. The van der Waals surface area contributed by atoms with Crippen molar-refractivity contribution in [2.75, 3.05) is 0 Å². The van der Waals surface area contributed by atoms with Gasteiger partial charge in [0.05, 0.1) is 6.26 Å². The third kappa shape index (κ3) is 3.45. The second kappa shape index (κ2) is 6.04. The number of carbonyl (C=O) groups is 1. The summed E-state index contributed by atoms with van der Waals surface area (Å²) in [5.74, 6) is 1.37. The van der Waals surface area contributed by atoms with E-state index in [1.165, 1.54) is 12.8 Å². The molecule has 0 radical (unpaired) electrons. The maximum absolute atomic E-state index is 12.2. The van der Waals surface area contributed by atoms with Gasteiger partial charge in [-0.3, -0.25) is 0 Å². The molecule has 2 N–H and O–H groups in total. The van der Waals surface area contributed by atoms with Crippen LogP contribution < -0.4 is 10.6 Å². The molecular formula is C17H20N2O2. The van der Waals surface area contributed by atoms with E-state index < -0.39 is 0 Å². The van der Waals surface area contributed by atoms with Gasteiger partial charge in [-0.2, -0.15) is 0 Å². The monoisotopic (exact) mass is 284 g/mol. The standard InChI is InChI=1S/C17H20N2O2/c1-12(13-9-10-13)18-17(20)19-16(15-8-5-11-21-15)14-6-3-2-4-7-14/h2-8,11-13,16H,9-10H2,1H3,(H2,18,19,20). The van der Waals surface area contributed by atoms with Gasteiger partial charge in [0.1, 0.15) is 11.8 Å². The van der Waals surface area contributed by atoms with E-state index in [4.69, 9.17) is 4.42 Å². The molecule has 1 aromatic heterocycles. The first-order valence-corrected chi connectivity index (χ1v) is 7.39. The van der Waals surface area contributed by atoms with Crippen LogP contribution in [0.25, 0.3) is 0 Å². The fourth-order valence-electron chi connectivity index (χ4n) is 2.51. The van der Waals surface area contributed by atoms with Crippen molar-refractivity contribution in [3.8, 4) is 0 Å². The van der Waals surface area contributed by atoms with Gasteiger partial charge < -0.3 is 15.1 Å². The van der Waals surface area contributed by atoms with Gasteiger partial charge in [0, 0.05) is 6.04 Å². The molecule has 1 aliphatic rings. The molecule has 2 atom stereocenters. The predicted octanol–water partition coefficient (Wildman–Crippen LogP) is 3.47. The van der Waals surface area contributed by atoms with Gasteiger partial charge in [0.2, 0.25) is 0 Å². The quantitative estimate of drug-likeness (QED) is 0.883. The molecule has 110 valence electrons. The van der Waals surface area contributed by atoms with Crippen molar-refractivity contribution in [1.82, 2.24) is 10.6 Å². The minimum absolute atomic E-state index is 0.153. The minimum atomic E-state index is -0.271. The molecule has 1 heterocycles. The number of nitrogens with one attached hydrogen (secondary N) is 2. The Hall–Kier alpha value is -2.23. The van der Waals surface area contributed by atoms with Crippen LogP contribution in [-0.2, 0) is 0 Å². The Labute approximate surface area is 124 Å². The summed E-state index contributed by atoms with van der Waals surface area (Å²) in [6, 6.07) is 13.3. The van der Waals surface area contributed by atoms with Gasteiger partial charge in [0.15, 0.2) is 0 Å². The number of benzene rings is 1. The van der Waals surface area contributed by atoms with Gasteiger partial charge in [0.25, 0.3) is 0 Å². The average molecular weight is 284 g/mol. The summed E-state index contributed by atoms with van der Waals surface area (Å²) in [5, 5.41) is 6.02. The third-order valence-corrected chi connectivity index (χ3v) is 3.92. The minimum Gasteiger partial charge on any atom is -0.467 e. The number of furan rings is 1. The molecule has 1 fully saturated rings. The largest absolute Gasteiger partial charge is 0.467 e. The van der Waals surface area contributed by atoms with Crippen molar-refractivity contribution >= 4 is 6.03 Å². The highest BCUT2D eigenvalue weighted by Crippen LogP contribution is 2.32. The maximum Gasteiger partial charge on any atom is 0.315 e. The molecule has 1 saturated carbocycles. The van der Waals surface area contributed by atoms with E-state index in [1.54, 1.807) is 6.26 Å². The Morgan fingerprint density at radius 1 is 1.14 bits per heavy atom. The van der Waals surface area contributed by atoms with Crippen LogP contribution >= 0.6 is 0 Å².